The second-order valence-corrected chi connectivity index (χ2v) is 6.07. The summed E-state index contributed by atoms with van der Waals surface area (Å²) in [4.78, 5) is 31.5. The molecule has 0 spiro atoms. The quantitative estimate of drug-likeness (QED) is 0.791. The summed E-state index contributed by atoms with van der Waals surface area (Å²) < 4.78 is 0. The van der Waals surface area contributed by atoms with Crippen LogP contribution >= 0.6 is 0 Å². The fraction of sp³-hybridized carbons (Fsp3) is 0.389. The molecule has 2 unspecified atom stereocenters. The van der Waals surface area contributed by atoms with Gasteiger partial charge in [0.1, 0.15) is 12.9 Å². The third-order valence-corrected chi connectivity index (χ3v) is 4.03. The van der Waals surface area contributed by atoms with E-state index < -0.39 is 0 Å². The molecule has 0 bridgehead atoms. The summed E-state index contributed by atoms with van der Waals surface area (Å²) in [5.74, 6) is -0.230. The SMILES string of the molecule is CC(C(=O)NC(c1cncnc1CN=O)C(C)C)c1ccccc1. The smallest absolute Gasteiger partial charge is 0.227 e. The van der Waals surface area contributed by atoms with Crippen LogP contribution in [-0.2, 0) is 11.3 Å². The van der Waals surface area contributed by atoms with Crippen LogP contribution in [0.1, 0.15) is 49.6 Å². The number of aromatic nitrogens is 2. The molecule has 0 saturated heterocycles. The lowest BCUT2D eigenvalue weighted by atomic mass is 9.93. The van der Waals surface area contributed by atoms with Crippen molar-refractivity contribution >= 4 is 5.91 Å². The van der Waals surface area contributed by atoms with E-state index >= 15 is 0 Å². The highest BCUT2D eigenvalue weighted by Crippen LogP contribution is 2.25. The second-order valence-electron chi connectivity index (χ2n) is 6.07. The van der Waals surface area contributed by atoms with Gasteiger partial charge in [-0.25, -0.2) is 9.97 Å². The average molecular weight is 326 g/mol. The molecule has 1 N–H and O–H groups in total. The summed E-state index contributed by atoms with van der Waals surface area (Å²) in [6.45, 7) is 5.84. The van der Waals surface area contributed by atoms with E-state index in [1.807, 2.05) is 51.1 Å². The van der Waals surface area contributed by atoms with E-state index in [4.69, 9.17) is 0 Å². The highest BCUT2D eigenvalue weighted by molar-refractivity contribution is 5.83. The van der Waals surface area contributed by atoms with Crippen LogP contribution in [0, 0.1) is 10.8 Å². The minimum absolute atomic E-state index is 0.0365. The number of nitrogens with zero attached hydrogens (tertiary/aromatic N) is 3. The van der Waals surface area contributed by atoms with Gasteiger partial charge < -0.3 is 5.32 Å². The Morgan fingerprint density at radius 3 is 2.54 bits per heavy atom. The maximum Gasteiger partial charge on any atom is 0.227 e. The summed E-state index contributed by atoms with van der Waals surface area (Å²) in [6, 6.07) is 9.34. The molecule has 0 saturated carbocycles. The van der Waals surface area contributed by atoms with E-state index in [1.165, 1.54) is 6.33 Å². The summed E-state index contributed by atoms with van der Waals surface area (Å²) in [5.41, 5.74) is 2.24. The van der Waals surface area contributed by atoms with Gasteiger partial charge in [-0.3, -0.25) is 4.79 Å². The van der Waals surface area contributed by atoms with Crippen molar-refractivity contribution in [2.24, 2.45) is 11.1 Å². The van der Waals surface area contributed by atoms with Crippen LogP contribution in [-0.4, -0.2) is 15.9 Å². The van der Waals surface area contributed by atoms with Crippen LogP contribution in [0.25, 0.3) is 0 Å². The molecule has 0 aliphatic carbocycles. The Morgan fingerprint density at radius 2 is 1.92 bits per heavy atom. The van der Waals surface area contributed by atoms with Crippen LogP contribution in [0.3, 0.4) is 0 Å². The van der Waals surface area contributed by atoms with E-state index in [0.717, 1.165) is 11.1 Å². The Hall–Kier alpha value is -2.63. The molecule has 2 atom stereocenters. The van der Waals surface area contributed by atoms with Crippen LogP contribution in [0.15, 0.2) is 48.0 Å². The standard InChI is InChI=1S/C18H22N4O2/c1-12(2)17(15-9-19-11-20-16(15)10-21-24)22-18(23)13(3)14-7-5-4-6-8-14/h4-9,11-13,17H,10H2,1-3H3,(H,22,23). The fourth-order valence-corrected chi connectivity index (χ4v) is 2.59. The number of nitrogens with one attached hydrogen (secondary N) is 1. The number of hydrogen-bond donors (Lipinski definition) is 1. The molecule has 1 heterocycles. The monoisotopic (exact) mass is 326 g/mol. The molecule has 1 aromatic carbocycles. The lowest BCUT2D eigenvalue weighted by molar-refractivity contribution is -0.123. The Morgan fingerprint density at radius 1 is 1.21 bits per heavy atom. The molecule has 1 aromatic heterocycles. The third-order valence-electron chi connectivity index (χ3n) is 4.03. The average Bonchev–Trinajstić information content (AvgIpc) is 2.60. The molecule has 0 radical (unpaired) electrons. The largest absolute Gasteiger partial charge is 0.348 e. The number of benzene rings is 1. The molecule has 24 heavy (non-hydrogen) atoms. The molecule has 2 aromatic rings. The fourth-order valence-electron chi connectivity index (χ4n) is 2.59. The molecule has 0 fully saturated rings. The number of carbonyl (C=O) groups excluding carboxylic acids is 1. The molecular weight excluding hydrogens is 304 g/mol. The molecular formula is C18H22N4O2. The van der Waals surface area contributed by atoms with Crippen molar-refractivity contribution in [2.75, 3.05) is 0 Å². The van der Waals surface area contributed by atoms with Crippen LogP contribution < -0.4 is 5.32 Å². The number of amides is 1. The van der Waals surface area contributed by atoms with Gasteiger partial charge in [0, 0.05) is 11.8 Å². The number of rotatable bonds is 7. The van der Waals surface area contributed by atoms with Gasteiger partial charge in [0.05, 0.1) is 17.7 Å². The number of nitroso groups, excluding NO2 is 1. The van der Waals surface area contributed by atoms with Gasteiger partial charge >= 0.3 is 0 Å². The molecule has 6 heteroatoms. The van der Waals surface area contributed by atoms with Crippen molar-refractivity contribution in [1.82, 2.24) is 15.3 Å². The zero-order valence-corrected chi connectivity index (χ0v) is 14.1. The lowest BCUT2D eigenvalue weighted by Crippen LogP contribution is -2.35. The first-order chi connectivity index (χ1) is 11.5. The Kier molecular flexibility index (Phi) is 6.12. The van der Waals surface area contributed by atoms with Gasteiger partial charge in [-0.05, 0) is 18.4 Å². The van der Waals surface area contributed by atoms with Crippen molar-refractivity contribution in [1.29, 1.82) is 0 Å². The molecule has 2 rings (SSSR count). The van der Waals surface area contributed by atoms with Gasteiger partial charge in [0.2, 0.25) is 5.91 Å². The number of carbonyl (C=O) groups is 1. The highest BCUT2D eigenvalue weighted by atomic mass is 16.3. The van der Waals surface area contributed by atoms with Crippen molar-refractivity contribution < 1.29 is 4.79 Å². The summed E-state index contributed by atoms with van der Waals surface area (Å²) in [7, 11) is 0. The lowest BCUT2D eigenvalue weighted by Gasteiger charge is -2.25. The Bertz CT molecular complexity index is 688. The second kappa shape index (κ2) is 8.29. The minimum atomic E-state index is -0.276. The zero-order chi connectivity index (χ0) is 17.5. The van der Waals surface area contributed by atoms with Crippen LogP contribution in [0.4, 0.5) is 0 Å². The highest BCUT2D eigenvalue weighted by Gasteiger charge is 2.25. The first-order valence-corrected chi connectivity index (χ1v) is 7.97. The maximum atomic E-state index is 12.7. The predicted octanol–water partition coefficient (Wildman–Crippen LogP) is 3.36. The first-order valence-electron chi connectivity index (χ1n) is 7.97. The van der Waals surface area contributed by atoms with Crippen molar-refractivity contribution in [3.05, 3.63) is 64.6 Å². The van der Waals surface area contributed by atoms with E-state index in [2.05, 4.69) is 20.5 Å². The molecule has 126 valence electrons. The molecule has 6 nitrogen and oxygen atoms in total. The van der Waals surface area contributed by atoms with Crippen molar-refractivity contribution in [3.63, 3.8) is 0 Å². The minimum Gasteiger partial charge on any atom is -0.348 e. The Labute approximate surface area is 141 Å². The van der Waals surface area contributed by atoms with Gasteiger partial charge in [-0.15, -0.1) is 0 Å². The van der Waals surface area contributed by atoms with Gasteiger partial charge in [-0.1, -0.05) is 49.4 Å². The van der Waals surface area contributed by atoms with Gasteiger partial charge in [-0.2, -0.15) is 4.91 Å². The van der Waals surface area contributed by atoms with E-state index in [9.17, 15) is 9.70 Å². The van der Waals surface area contributed by atoms with Crippen molar-refractivity contribution in [3.8, 4) is 0 Å². The molecule has 0 aliphatic rings. The van der Waals surface area contributed by atoms with Crippen molar-refractivity contribution in [2.45, 2.75) is 39.3 Å². The van der Waals surface area contributed by atoms with E-state index in [-0.39, 0.29) is 30.3 Å². The first kappa shape index (κ1) is 17.7. The summed E-state index contributed by atoms with van der Waals surface area (Å²) in [6.07, 6.45) is 3.03. The van der Waals surface area contributed by atoms with Gasteiger partial charge in [0.25, 0.3) is 0 Å². The summed E-state index contributed by atoms with van der Waals surface area (Å²) in [5, 5.41) is 5.98. The Balaban J connectivity index is 2.23. The van der Waals surface area contributed by atoms with E-state index in [1.54, 1.807) is 6.20 Å². The maximum absolute atomic E-state index is 12.7. The molecule has 1 amide bonds. The van der Waals surface area contributed by atoms with E-state index in [0.29, 0.717) is 5.69 Å². The normalized spacial score (nSPS) is 13.3. The number of hydrogen-bond acceptors (Lipinski definition) is 5. The van der Waals surface area contributed by atoms with Gasteiger partial charge in [0.15, 0.2) is 0 Å². The topological polar surface area (TPSA) is 84.3 Å². The molecule has 0 aliphatic heterocycles. The third kappa shape index (κ3) is 4.22. The van der Waals surface area contributed by atoms with Crippen LogP contribution in [0.5, 0.6) is 0 Å². The summed E-state index contributed by atoms with van der Waals surface area (Å²) >= 11 is 0. The van der Waals surface area contributed by atoms with Crippen LogP contribution in [0.2, 0.25) is 0 Å². The predicted molar refractivity (Wildman–Crippen MR) is 92.1 cm³/mol. The zero-order valence-electron chi connectivity index (χ0n) is 14.1.